The lowest BCUT2D eigenvalue weighted by atomic mass is 10.1. The lowest BCUT2D eigenvalue weighted by molar-refractivity contribution is -0.125. The molecule has 2 rings (SSSR count). The van der Waals surface area contributed by atoms with E-state index in [0.717, 1.165) is 11.1 Å². The molecule has 2 atom stereocenters. The van der Waals surface area contributed by atoms with Gasteiger partial charge in [-0.1, -0.05) is 24.3 Å². The van der Waals surface area contributed by atoms with E-state index < -0.39 is 18.1 Å². The van der Waals surface area contributed by atoms with E-state index in [4.69, 9.17) is 10.5 Å². The molecule has 0 bridgehead atoms. The highest BCUT2D eigenvalue weighted by Gasteiger charge is 2.36. The Hall–Kier alpha value is -1.99. The van der Waals surface area contributed by atoms with Crippen molar-refractivity contribution in [2.75, 3.05) is 19.7 Å². The van der Waals surface area contributed by atoms with Gasteiger partial charge in [-0.05, 0) is 18.1 Å². The van der Waals surface area contributed by atoms with Gasteiger partial charge in [0.1, 0.15) is 6.17 Å². The summed E-state index contributed by atoms with van der Waals surface area (Å²) in [6.45, 7) is 3.41. The van der Waals surface area contributed by atoms with Crippen LogP contribution in [0.3, 0.4) is 0 Å². The van der Waals surface area contributed by atoms with Crippen molar-refractivity contribution in [1.29, 1.82) is 0 Å². The molecule has 1 aliphatic rings. The number of primary amides is 1. The van der Waals surface area contributed by atoms with E-state index in [1.54, 1.807) is 0 Å². The molecule has 7 heteroatoms. The number of benzene rings is 1. The van der Waals surface area contributed by atoms with Crippen molar-refractivity contribution in [3.8, 4) is 0 Å². The highest BCUT2D eigenvalue weighted by Crippen LogP contribution is 2.19. The summed E-state index contributed by atoms with van der Waals surface area (Å²) in [5.41, 5.74) is 7.25. The third-order valence-corrected chi connectivity index (χ3v) is 4.08. The van der Waals surface area contributed by atoms with E-state index in [-0.39, 0.29) is 25.4 Å². The Morgan fingerprint density at radius 2 is 2.08 bits per heavy atom. The summed E-state index contributed by atoms with van der Waals surface area (Å²) < 4.78 is 18.9. The fourth-order valence-electron chi connectivity index (χ4n) is 2.84. The minimum absolute atomic E-state index is 0.0400. The summed E-state index contributed by atoms with van der Waals surface area (Å²) in [5.74, 6) is -0.855. The van der Waals surface area contributed by atoms with Crippen molar-refractivity contribution in [3.63, 3.8) is 0 Å². The van der Waals surface area contributed by atoms with Crippen LogP contribution in [0.2, 0.25) is 0 Å². The molecule has 0 aliphatic carbocycles. The quantitative estimate of drug-likeness (QED) is 0.733. The Kier molecular flexibility index (Phi) is 6.69. The van der Waals surface area contributed by atoms with Crippen molar-refractivity contribution in [2.45, 2.75) is 38.7 Å². The van der Waals surface area contributed by atoms with Crippen LogP contribution in [-0.2, 0) is 27.5 Å². The molecule has 1 aromatic carbocycles. The highest BCUT2D eigenvalue weighted by atomic mass is 19.1. The average molecular weight is 337 g/mol. The molecule has 24 heavy (non-hydrogen) atoms. The van der Waals surface area contributed by atoms with Gasteiger partial charge in [0.2, 0.25) is 11.8 Å². The van der Waals surface area contributed by atoms with E-state index in [1.165, 1.54) is 4.90 Å². The molecule has 2 amide bonds. The molecule has 0 unspecified atom stereocenters. The fraction of sp³-hybridized carbons (Fsp3) is 0.529. The Morgan fingerprint density at radius 3 is 2.75 bits per heavy atom. The Morgan fingerprint density at radius 1 is 1.38 bits per heavy atom. The number of likely N-dealkylation sites (tertiary alicyclic amines) is 1. The normalized spacial score (nSPS) is 20.9. The van der Waals surface area contributed by atoms with Crippen LogP contribution in [-0.4, -0.2) is 48.6 Å². The molecule has 6 nitrogen and oxygen atoms in total. The van der Waals surface area contributed by atoms with Crippen LogP contribution in [0.4, 0.5) is 4.39 Å². The van der Waals surface area contributed by atoms with Crippen LogP contribution in [0.25, 0.3) is 0 Å². The minimum Gasteiger partial charge on any atom is -0.377 e. The number of nitrogens with two attached hydrogens (primary N) is 1. The van der Waals surface area contributed by atoms with Crippen molar-refractivity contribution in [3.05, 3.63) is 35.4 Å². The summed E-state index contributed by atoms with van der Waals surface area (Å²) >= 11 is 0. The first-order valence-electron chi connectivity index (χ1n) is 8.10. The molecular weight excluding hydrogens is 313 g/mol. The number of nitrogens with one attached hydrogen (secondary N) is 1. The van der Waals surface area contributed by atoms with Gasteiger partial charge in [-0.15, -0.1) is 0 Å². The van der Waals surface area contributed by atoms with E-state index in [2.05, 4.69) is 5.32 Å². The van der Waals surface area contributed by atoms with Gasteiger partial charge < -0.3 is 15.8 Å². The van der Waals surface area contributed by atoms with Gasteiger partial charge in [0.25, 0.3) is 0 Å². The molecule has 0 saturated carbocycles. The number of carbonyl (C=O) groups excluding carboxylic acids is 2. The largest absolute Gasteiger partial charge is 0.377 e. The third kappa shape index (κ3) is 5.01. The lowest BCUT2D eigenvalue weighted by Crippen LogP contribution is -2.45. The maximum absolute atomic E-state index is 13.5. The highest BCUT2D eigenvalue weighted by molar-refractivity contribution is 5.82. The van der Waals surface area contributed by atoms with Crippen molar-refractivity contribution >= 4 is 11.8 Å². The zero-order valence-corrected chi connectivity index (χ0v) is 13.8. The van der Waals surface area contributed by atoms with Crippen LogP contribution in [0.5, 0.6) is 0 Å². The van der Waals surface area contributed by atoms with Crippen molar-refractivity contribution in [2.24, 2.45) is 5.73 Å². The van der Waals surface area contributed by atoms with E-state index >= 15 is 0 Å². The monoisotopic (exact) mass is 337 g/mol. The van der Waals surface area contributed by atoms with E-state index in [1.807, 2.05) is 31.2 Å². The van der Waals surface area contributed by atoms with E-state index in [9.17, 15) is 14.0 Å². The van der Waals surface area contributed by atoms with Gasteiger partial charge in [0, 0.05) is 26.1 Å². The number of carbonyl (C=O) groups is 2. The fourth-order valence-corrected chi connectivity index (χ4v) is 2.84. The van der Waals surface area contributed by atoms with E-state index in [0.29, 0.717) is 19.8 Å². The topological polar surface area (TPSA) is 84.7 Å². The molecule has 3 N–H and O–H groups in total. The van der Waals surface area contributed by atoms with Crippen molar-refractivity contribution < 1.29 is 18.7 Å². The molecular formula is C17H24FN3O3. The maximum atomic E-state index is 13.5. The van der Waals surface area contributed by atoms with Crippen LogP contribution in [0, 0.1) is 0 Å². The first-order valence-corrected chi connectivity index (χ1v) is 8.10. The molecule has 1 saturated heterocycles. The standard InChI is InChI=1S/C17H24FN3O3/c1-2-24-11-13-6-4-3-5-12(13)8-20-16(22)10-21-9-14(18)7-15(21)17(19)23/h3-6,14-15H,2,7-11H2,1H3,(H2,19,23)(H,20,22)/t14-,15+/m1/s1. The minimum atomic E-state index is -1.12. The molecule has 132 valence electrons. The van der Waals surface area contributed by atoms with Crippen LogP contribution in [0.1, 0.15) is 24.5 Å². The summed E-state index contributed by atoms with van der Waals surface area (Å²) in [6, 6.07) is 6.98. The molecule has 1 aliphatic heterocycles. The van der Waals surface area contributed by atoms with Crippen LogP contribution in [0.15, 0.2) is 24.3 Å². The van der Waals surface area contributed by atoms with Gasteiger partial charge in [0.15, 0.2) is 0 Å². The Labute approximate surface area is 141 Å². The lowest BCUT2D eigenvalue weighted by Gasteiger charge is -2.20. The maximum Gasteiger partial charge on any atom is 0.234 e. The van der Waals surface area contributed by atoms with Gasteiger partial charge in [-0.3, -0.25) is 14.5 Å². The first-order chi connectivity index (χ1) is 11.5. The third-order valence-electron chi connectivity index (χ3n) is 4.08. The predicted octanol–water partition coefficient (Wildman–Crippen LogP) is 0.737. The zero-order valence-electron chi connectivity index (χ0n) is 13.8. The second kappa shape index (κ2) is 8.75. The Balaban J connectivity index is 1.88. The Bertz CT molecular complexity index is 582. The number of hydrogen-bond donors (Lipinski definition) is 2. The first kappa shape index (κ1) is 18.4. The van der Waals surface area contributed by atoms with Gasteiger partial charge in [0.05, 0.1) is 19.2 Å². The second-order valence-electron chi connectivity index (χ2n) is 5.86. The molecule has 0 radical (unpaired) electrons. The summed E-state index contributed by atoms with van der Waals surface area (Å²) in [5, 5.41) is 2.81. The number of rotatable bonds is 8. The number of ether oxygens (including phenoxy) is 1. The number of hydrogen-bond acceptors (Lipinski definition) is 4. The number of amides is 2. The summed E-state index contributed by atoms with van der Waals surface area (Å²) in [7, 11) is 0. The molecule has 1 fully saturated rings. The molecule has 1 aromatic rings. The number of halogens is 1. The summed E-state index contributed by atoms with van der Waals surface area (Å²) in [6.07, 6.45) is -1.07. The summed E-state index contributed by atoms with van der Waals surface area (Å²) in [4.78, 5) is 24.9. The van der Waals surface area contributed by atoms with Gasteiger partial charge in [-0.2, -0.15) is 0 Å². The number of alkyl halides is 1. The molecule has 0 aromatic heterocycles. The van der Waals surface area contributed by atoms with Gasteiger partial charge >= 0.3 is 0 Å². The zero-order chi connectivity index (χ0) is 17.5. The van der Waals surface area contributed by atoms with Crippen molar-refractivity contribution in [1.82, 2.24) is 10.2 Å². The molecule has 0 spiro atoms. The SMILES string of the molecule is CCOCc1ccccc1CNC(=O)CN1C[C@H](F)C[C@H]1C(N)=O. The smallest absolute Gasteiger partial charge is 0.234 e. The van der Waals surface area contributed by atoms with Crippen LogP contribution < -0.4 is 11.1 Å². The second-order valence-corrected chi connectivity index (χ2v) is 5.86. The number of nitrogens with zero attached hydrogens (tertiary/aromatic N) is 1. The predicted molar refractivity (Wildman–Crippen MR) is 87.7 cm³/mol. The van der Waals surface area contributed by atoms with Crippen LogP contribution >= 0.6 is 0 Å². The van der Waals surface area contributed by atoms with Gasteiger partial charge in [-0.25, -0.2) is 4.39 Å². The average Bonchev–Trinajstić information content (AvgIpc) is 2.92. The molecule has 1 heterocycles.